The van der Waals surface area contributed by atoms with Crippen molar-refractivity contribution in [3.8, 4) is 5.69 Å². The van der Waals surface area contributed by atoms with E-state index in [1.54, 1.807) is 36.7 Å². The van der Waals surface area contributed by atoms with Crippen LogP contribution in [-0.2, 0) is 10.0 Å². The second-order valence-corrected chi connectivity index (χ2v) is 9.40. The van der Waals surface area contributed by atoms with Gasteiger partial charge < -0.3 is 5.32 Å². The van der Waals surface area contributed by atoms with Gasteiger partial charge in [0.25, 0.3) is 5.91 Å². The number of aromatic nitrogens is 2. The topological polar surface area (TPSA) is 93.1 Å². The fourth-order valence-corrected chi connectivity index (χ4v) is 4.53. The van der Waals surface area contributed by atoms with Crippen molar-refractivity contribution in [2.75, 3.05) is 5.32 Å². The smallest absolute Gasteiger partial charge is 0.256 e. The Labute approximate surface area is 177 Å². The van der Waals surface area contributed by atoms with Gasteiger partial charge in [0.2, 0.25) is 10.0 Å². The predicted molar refractivity (Wildman–Crippen MR) is 118 cm³/mol. The summed E-state index contributed by atoms with van der Waals surface area (Å²) in [7, 11) is -3.69. The molecule has 1 aromatic heterocycles. The minimum absolute atomic E-state index is 0.0443. The molecule has 0 radical (unpaired) electrons. The zero-order chi connectivity index (χ0) is 22.1. The van der Waals surface area contributed by atoms with Gasteiger partial charge in [0.1, 0.15) is 5.82 Å². The first kappa shape index (κ1) is 21.7. The molecule has 0 unspecified atom stereocenters. The second kappa shape index (κ2) is 8.41. The molecule has 3 rings (SSSR count). The number of benzene rings is 2. The third-order valence-corrected chi connectivity index (χ3v) is 5.98. The first-order chi connectivity index (χ1) is 14.0. The molecule has 0 saturated carbocycles. The maximum absolute atomic E-state index is 12.9. The molecule has 3 aromatic rings. The van der Waals surface area contributed by atoms with Crippen LogP contribution >= 0.6 is 0 Å². The molecule has 0 aliphatic carbocycles. The summed E-state index contributed by atoms with van der Waals surface area (Å²) in [6, 6.07) is 13.5. The number of carbonyl (C=O) groups excluding carboxylic acids is 1. The van der Waals surface area contributed by atoms with Crippen molar-refractivity contribution in [2.24, 2.45) is 0 Å². The zero-order valence-electron chi connectivity index (χ0n) is 17.7. The van der Waals surface area contributed by atoms with Crippen molar-refractivity contribution in [3.05, 3.63) is 70.9 Å². The van der Waals surface area contributed by atoms with E-state index >= 15 is 0 Å². The van der Waals surface area contributed by atoms with E-state index < -0.39 is 15.9 Å². The Balaban J connectivity index is 1.92. The molecule has 0 bridgehead atoms. The van der Waals surface area contributed by atoms with Gasteiger partial charge in [-0.15, -0.1) is 0 Å². The van der Waals surface area contributed by atoms with Crippen LogP contribution in [0.25, 0.3) is 5.69 Å². The fraction of sp³-hybridized carbons (Fsp3) is 0.273. The molecule has 1 heterocycles. The molecule has 7 nitrogen and oxygen atoms in total. The van der Waals surface area contributed by atoms with Crippen LogP contribution in [0.1, 0.15) is 41.0 Å². The number of anilines is 1. The van der Waals surface area contributed by atoms with Crippen LogP contribution in [0.3, 0.4) is 0 Å². The van der Waals surface area contributed by atoms with Crippen LogP contribution in [0.15, 0.2) is 53.4 Å². The number of carbonyl (C=O) groups is 1. The molecule has 2 N–H and O–H groups in total. The Kier molecular flexibility index (Phi) is 6.09. The summed E-state index contributed by atoms with van der Waals surface area (Å²) < 4.78 is 29.0. The highest BCUT2D eigenvalue weighted by Crippen LogP contribution is 2.21. The average molecular weight is 427 g/mol. The molecular formula is C22H26N4O3S. The summed E-state index contributed by atoms with van der Waals surface area (Å²) in [5, 5.41) is 7.35. The van der Waals surface area contributed by atoms with Crippen molar-refractivity contribution in [1.82, 2.24) is 14.5 Å². The average Bonchev–Trinajstić information content (AvgIpc) is 3.00. The largest absolute Gasteiger partial charge is 0.306 e. The summed E-state index contributed by atoms with van der Waals surface area (Å²) >= 11 is 0. The number of amides is 1. The molecule has 0 spiro atoms. The van der Waals surface area contributed by atoms with E-state index in [0.717, 1.165) is 22.5 Å². The van der Waals surface area contributed by atoms with Gasteiger partial charge in [0.15, 0.2) is 0 Å². The summed E-state index contributed by atoms with van der Waals surface area (Å²) in [4.78, 5) is 12.9. The molecule has 2 aromatic carbocycles. The molecule has 158 valence electrons. The quantitative estimate of drug-likeness (QED) is 0.628. The van der Waals surface area contributed by atoms with Crippen LogP contribution < -0.4 is 10.0 Å². The maximum atomic E-state index is 12.9. The van der Waals surface area contributed by atoms with Crippen molar-refractivity contribution in [2.45, 2.75) is 45.6 Å². The normalized spacial score (nSPS) is 11.7. The van der Waals surface area contributed by atoms with Crippen molar-refractivity contribution in [3.63, 3.8) is 0 Å². The lowest BCUT2D eigenvalue weighted by molar-refractivity contribution is 0.102. The van der Waals surface area contributed by atoms with Gasteiger partial charge in [-0.2, -0.15) is 5.10 Å². The second-order valence-electron chi connectivity index (χ2n) is 7.69. The Morgan fingerprint density at radius 3 is 2.30 bits per heavy atom. The van der Waals surface area contributed by atoms with E-state index in [9.17, 15) is 13.2 Å². The SMILES string of the molecule is Cc1cc(C)cc(-n2nc(C)cc2NC(=O)c2cccc(S(=O)(=O)NC(C)C)c2)c1. The van der Waals surface area contributed by atoms with Crippen LogP contribution in [0, 0.1) is 20.8 Å². The summed E-state index contributed by atoms with van der Waals surface area (Å²) in [6.45, 7) is 9.33. The van der Waals surface area contributed by atoms with E-state index in [0.29, 0.717) is 5.82 Å². The number of rotatable bonds is 6. The summed E-state index contributed by atoms with van der Waals surface area (Å²) in [6.07, 6.45) is 0. The fourth-order valence-electron chi connectivity index (χ4n) is 3.23. The molecule has 8 heteroatoms. The molecule has 1 amide bonds. The van der Waals surface area contributed by atoms with Crippen molar-refractivity contribution in [1.29, 1.82) is 0 Å². The molecule has 0 saturated heterocycles. The van der Waals surface area contributed by atoms with Crippen LogP contribution in [-0.4, -0.2) is 30.1 Å². The lowest BCUT2D eigenvalue weighted by atomic mass is 10.1. The van der Waals surface area contributed by atoms with Gasteiger partial charge in [-0.3, -0.25) is 4.79 Å². The van der Waals surface area contributed by atoms with Gasteiger partial charge in [0, 0.05) is 17.7 Å². The molecule has 0 aliphatic heterocycles. The van der Waals surface area contributed by atoms with Crippen molar-refractivity contribution < 1.29 is 13.2 Å². The number of hydrogen-bond donors (Lipinski definition) is 2. The number of nitrogens with zero attached hydrogens (tertiary/aromatic N) is 2. The zero-order valence-corrected chi connectivity index (χ0v) is 18.5. The lowest BCUT2D eigenvalue weighted by Crippen LogP contribution is -2.30. The Morgan fingerprint density at radius 2 is 1.67 bits per heavy atom. The lowest BCUT2D eigenvalue weighted by Gasteiger charge is -2.12. The van der Waals surface area contributed by atoms with Gasteiger partial charge >= 0.3 is 0 Å². The monoisotopic (exact) mass is 426 g/mol. The molecule has 0 atom stereocenters. The standard InChI is InChI=1S/C22H26N4O3S/c1-14(2)25-30(28,29)20-8-6-7-18(13-20)22(27)23-21-12-17(5)24-26(21)19-10-15(3)9-16(4)11-19/h6-14,25H,1-5H3,(H,23,27). The number of hydrogen-bond acceptors (Lipinski definition) is 4. The van der Waals surface area contributed by atoms with Gasteiger partial charge in [-0.1, -0.05) is 12.1 Å². The maximum Gasteiger partial charge on any atom is 0.256 e. The Hall–Kier alpha value is -2.97. The molecule has 0 fully saturated rings. The number of nitrogens with one attached hydrogen (secondary N) is 2. The highest BCUT2D eigenvalue weighted by Gasteiger charge is 2.18. The predicted octanol–water partition coefficient (Wildman–Crippen LogP) is 3.74. The van der Waals surface area contributed by atoms with Crippen LogP contribution in [0.4, 0.5) is 5.82 Å². The van der Waals surface area contributed by atoms with E-state index in [4.69, 9.17) is 0 Å². The van der Waals surface area contributed by atoms with Crippen LogP contribution in [0.2, 0.25) is 0 Å². The molecular weight excluding hydrogens is 400 g/mol. The minimum atomic E-state index is -3.69. The van der Waals surface area contributed by atoms with Gasteiger partial charge in [-0.25, -0.2) is 17.8 Å². The summed E-state index contributed by atoms with van der Waals surface area (Å²) in [5.74, 6) is 0.0955. The van der Waals surface area contributed by atoms with E-state index in [2.05, 4.69) is 21.2 Å². The van der Waals surface area contributed by atoms with E-state index in [1.807, 2.05) is 32.9 Å². The van der Waals surface area contributed by atoms with Gasteiger partial charge in [0.05, 0.1) is 16.3 Å². The third kappa shape index (κ3) is 4.95. The van der Waals surface area contributed by atoms with Gasteiger partial charge in [-0.05, 0) is 76.1 Å². The molecule has 30 heavy (non-hydrogen) atoms. The van der Waals surface area contributed by atoms with Crippen LogP contribution in [0.5, 0.6) is 0 Å². The Morgan fingerprint density at radius 1 is 1.00 bits per heavy atom. The van der Waals surface area contributed by atoms with E-state index in [1.165, 1.54) is 12.1 Å². The third-order valence-electron chi connectivity index (χ3n) is 4.32. The molecule has 0 aliphatic rings. The van der Waals surface area contributed by atoms with Crippen molar-refractivity contribution >= 4 is 21.7 Å². The first-order valence-electron chi connectivity index (χ1n) is 9.64. The van der Waals surface area contributed by atoms with E-state index in [-0.39, 0.29) is 16.5 Å². The number of aryl methyl sites for hydroxylation is 3. The summed E-state index contributed by atoms with van der Waals surface area (Å²) in [5.41, 5.74) is 4.01. The number of sulfonamides is 1. The first-order valence-corrected chi connectivity index (χ1v) is 11.1. The highest BCUT2D eigenvalue weighted by atomic mass is 32.2. The highest BCUT2D eigenvalue weighted by molar-refractivity contribution is 7.89. The minimum Gasteiger partial charge on any atom is -0.306 e. The Bertz CT molecular complexity index is 1180.